The van der Waals surface area contributed by atoms with E-state index in [-0.39, 0.29) is 18.2 Å². The van der Waals surface area contributed by atoms with E-state index in [4.69, 9.17) is 15.2 Å². The quantitative estimate of drug-likeness (QED) is 0.911. The Bertz CT molecular complexity index is 599. The molecular formula is C16H18FNO2. The monoisotopic (exact) mass is 275 g/mol. The van der Waals surface area contributed by atoms with Gasteiger partial charge in [-0.05, 0) is 36.2 Å². The van der Waals surface area contributed by atoms with Crippen molar-refractivity contribution < 1.29 is 13.9 Å². The van der Waals surface area contributed by atoms with Crippen molar-refractivity contribution in [2.45, 2.75) is 20.1 Å². The summed E-state index contributed by atoms with van der Waals surface area (Å²) < 4.78 is 24.3. The molecule has 0 aliphatic rings. The maximum Gasteiger partial charge on any atom is 0.165 e. The normalized spacial score (nSPS) is 10.4. The Balaban J connectivity index is 2.12. The van der Waals surface area contributed by atoms with E-state index in [1.54, 1.807) is 19.2 Å². The Morgan fingerprint density at radius 3 is 2.60 bits per heavy atom. The van der Waals surface area contributed by atoms with Crippen LogP contribution < -0.4 is 15.2 Å². The third kappa shape index (κ3) is 3.27. The summed E-state index contributed by atoms with van der Waals surface area (Å²) in [5.41, 5.74) is 8.40. The van der Waals surface area contributed by atoms with Crippen LogP contribution in [0, 0.1) is 12.7 Å². The van der Waals surface area contributed by atoms with Gasteiger partial charge >= 0.3 is 0 Å². The molecule has 0 amide bonds. The van der Waals surface area contributed by atoms with E-state index in [0.29, 0.717) is 6.54 Å². The number of ether oxygens (including phenoxy) is 2. The first-order valence-electron chi connectivity index (χ1n) is 6.39. The Hall–Kier alpha value is -2.07. The van der Waals surface area contributed by atoms with E-state index in [2.05, 4.69) is 0 Å². The Morgan fingerprint density at radius 1 is 1.10 bits per heavy atom. The number of hydrogen-bond donors (Lipinski definition) is 1. The van der Waals surface area contributed by atoms with Crippen LogP contribution in [0.5, 0.6) is 11.5 Å². The fourth-order valence-corrected chi connectivity index (χ4v) is 1.93. The molecule has 2 N–H and O–H groups in total. The first kappa shape index (κ1) is 14.3. The zero-order valence-corrected chi connectivity index (χ0v) is 11.7. The number of halogens is 1. The van der Waals surface area contributed by atoms with Gasteiger partial charge in [0, 0.05) is 12.1 Å². The molecule has 0 aromatic heterocycles. The van der Waals surface area contributed by atoms with E-state index in [9.17, 15) is 4.39 Å². The maximum absolute atomic E-state index is 13.6. The first-order chi connectivity index (χ1) is 9.63. The highest BCUT2D eigenvalue weighted by atomic mass is 19.1. The Labute approximate surface area is 118 Å². The van der Waals surface area contributed by atoms with Gasteiger partial charge in [-0.3, -0.25) is 0 Å². The number of methoxy groups -OCH3 is 1. The summed E-state index contributed by atoms with van der Waals surface area (Å²) in [6.45, 7) is 2.59. The van der Waals surface area contributed by atoms with Gasteiger partial charge in [-0.1, -0.05) is 18.2 Å². The van der Waals surface area contributed by atoms with Crippen molar-refractivity contribution in [3.05, 3.63) is 58.9 Å². The predicted octanol–water partition coefficient (Wildman–Crippen LogP) is 3.18. The van der Waals surface area contributed by atoms with E-state index in [0.717, 1.165) is 22.4 Å². The highest BCUT2D eigenvalue weighted by molar-refractivity contribution is 5.37. The molecule has 0 heterocycles. The summed E-state index contributed by atoms with van der Waals surface area (Å²) in [6, 6.07) is 10.4. The zero-order chi connectivity index (χ0) is 14.5. The third-order valence-electron chi connectivity index (χ3n) is 3.05. The van der Waals surface area contributed by atoms with Crippen molar-refractivity contribution in [1.29, 1.82) is 0 Å². The molecule has 0 bridgehead atoms. The van der Waals surface area contributed by atoms with Gasteiger partial charge in [0.05, 0.1) is 7.11 Å². The molecule has 2 aromatic carbocycles. The van der Waals surface area contributed by atoms with Gasteiger partial charge in [0.1, 0.15) is 12.4 Å². The molecule has 2 rings (SSSR count). The summed E-state index contributed by atoms with van der Waals surface area (Å²) in [7, 11) is 1.60. The van der Waals surface area contributed by atoms with Gasteiger partial charge in [-0.25, -0.2) is 4.39 Å². The van der Waals surface area contributed by atoms with Gasteiger partial charge in [0.25, 0.3) is 0 Å². The molecule has 3 nitrogen and oxygen atoms in total. The second-order valence-electron chi connectivity index (χ2n) is 4.57. The number of nitrogens with two attached hydrogens (primary N) is 1. The second kappa shape index (κ2) is 6.39. The molecule has 2 aromatic rings. The van der Waals surface area contributed by atoms with E-state index < -0.39 is 0 Å². The van der Waals surface area contributed by atoms with Crippen LogP contribution in [0.3, 0.4) is 0 Å². The smallest absolute Gasteiger partial charge is 0.165 e. The Kier molecular flexibility index (Phi) is 4.58. The van der Waals surface area contributed by atoms with Crippen LogP contribution in [-0.2, 0) is 13.2 Å². The summed E-state index contributed by atoms with van der Waals surface area (Å²) in [5.74, 6) is 0.617. The fourth-order valence-electron chi connectivity index (χ4n) is 1.93. The summed E-state index contributed by atoms with van der Waals surface area (Å²) in [5, 5.41) is 0. The van der Waals surface area contributed by atoms with Crippen LogP contribution >= 0.6 is 0 Å². The minimum absolute atomic E-state index is 0.256. The minimum Gasteiger partial charge on any atom is -0.496 e. The van der Waals surface area contributed by atoms with Crippen LogP contribution in [0.25, 0.3) is 0 Å². The third-order valence-corrected chi connectivity index (χ3v) is 3.05. The van der Waals surface area contributed by atoms with Crippen LogP contribution in [0.15, 0.2) is 36.4 Å². The number of aryl methyl sites for hydroxylation is 1. The average Bonchev–Trinajstić information content (AvgIpc) is 2.47. The summed E-state index contributed by atoms with van der Waals surface area (Å²) in [6.07, 6.45) is 0. The highest BCUT2D eigenvalue weighted by Gasteiger charge is 2.06. The molecule has 20 heavy (non-hydrogen) atoms. The first-order valence-corrected chi connectivity index (χ1v) is 6.39. The number of benzene rings is 2. The number of rotatable bonds is 5. The number of hydrogen-bond acceptors (Lipinski definition) is 3. The van der Waals surface area contributed by atoms with Crippen molar-refractivity contribution in [1.82, 2.24) is 0 Å². The Morgan fingerprint density at radius 2 is 1.90 bits per heavy atom. The maximum atomic E-state index is 13.6. The molecule has 0 saturated heterocycles. The molecule has 0 fully saturated rings. The second-order valence-corrected chi connectivity index (χ2v) is 4.57. The van der Waals surface area contributed by atoms with Crippen LogP contribution in [0.2, 0.25) is 0 Å². The van der Waals surface area contributed by atoms with Crippen molar-refractivity contribution >= 4 is 0 Å². The van der Waals surface area contributed by atoms with E-state index in [1.165, 1.54) is 6.07 Å². The van der Waals surface area contributed by atoms with Crippen LogP contribution in [0.1, 0.15) is 16.7 Å². The molecule has 0 unspecified atom stereocenters. The average molecular weight is 275 g/mol. The van der Waals surface area contributed by atoms with Gasteiger partial charge in [0.2, 0.25) is 0 Å². The summed E-state index contributed by atoms with van der Waals surface area (Å²) in [4.78, 5) is 0. The topological polar surface area (TPSA) is 44.5 Å². The SMILES string of the molecule is COc1cc(COc2cc(C)ccc2F)ccc1CN. The molecule has 0 aliphatic carbocycles. The van der Waals surface area contributed by atoms with Crippen LogP contribution in [-0.4, -0.2) is 7.11 Å². The molecule has 0 atom stereocenters. The van der Waals surface area contributed by atoms with Crippen molar-refractivity contribution in [2.75, 3.05) is 7.11 Å². The van der Waals surface area contributed by atoms with Crippen molar-refractivity contribution in [2.24, 2.45) is 5.73 Å². The lowest BCUT2D eigenvalue weighted by atomic mass is 10.1. The van der Waals surface area contributed by atoms with Gasteiger partial charge in [0.15, 0.2) is 11.6 Å². The molecule has 0 saturated carbocycles. The van der Waals surface area contributed by atoms with Gasteiger partial charge in [-0.15, -0.1) is 0 Å². The molecular weight excluding hydrogens is 257 g/mol. The van der Waals surface area contributed by atoms with E-state index in [1.807, 2.05) is 25.1 Å². The molecule has 106 valence electrons. The fraction of sp³-hybridized carbons (Fsp3) is 0.250. The lowest BCUT2D eigenvalue weighted by molar-refractivity contribution is 0.289. The largest absolute Gasteiger partial charge is 0.496 e. The molecule has 4 heteroatoms. The molecule has 0 aliphatic heterocycles. The standard InChI is InChI=1S/C16H18FNO2/c1-11-3-6-14(17)16(7-11)20-10-12-4-5-13(9-18)15(8-12)19-2/h3-8H,9-10,18H2,1-2H3. The van der Waals surface area contributed by atoms with Crippen molar-refractivity contribution in [3.63, 3.8) is 0 Å². The molecule has 0 spiro atoms. The zero-order valence-electron chi connectivity index (χ0n) is 11.7. The molecule has 0 radical (unpaired) electrons. The van der Waals surface area contributed by atoms with Gasteiger partial charge < -0.3 is 15.2 Å². The predicted molar refractivity (Wildman–Crippen MR) is 76.4 cm³/mol. The highest BCUT2D eigenvalue weighted by Crippen LogP contribution is 2.23. The van der Waals surface area contributed by atoms with E-state index >= 15 is 0 Å². The summed E-state index contributed by atoms with van der Waals surface area (Å²) >= 11 is 0. The van der Waals surface area contributed by atoms with Crippen LogP contribution in [0.4, 0.5) is 4.39 Å². The lowest BCUT2D eigenvalue weighted by Crippen LogP contribution is -2.02. The lowest BCUT2D eigenvalue weighted by Gasteiger charge is -2.11. The van der Waals surface area contributed by atoms with Crippen molar-refractivity contribution in [3.8, 4) is 11.5 Å². The minimum atomic E-state index is -0.360. The van der Waals surface area contributed by atoms with Gasteiger partial charge in [-0.2, -0.15) is 0 Å².